The second-order valence-electron chi connectivity index (χ2n) is 4.39. The fourth-order valence-electron chi connectivity index (χ4n) is 2.14. The van der Waals surface area contributed by atoms with Gasteiger partial charge in [0.2, 0.25) is 0 Å². The number of thiazole rings is 1. The van der Waals surface area contributed by atoms with Crippen LogP contribution in [0.2, 0.25) is 0 Å². The molecule has 0 saturated heterocycles. The van der Waals surface area contributed by atoms with Gasteiger partial charge in [-0.3, -0.25) is 0 Å². The number of hydrogen-bond acceptors (Lipinski definition) is 3. The zero-order valence-electron chi connectivity index (χ0n) is 10.3. The van der Waals surface area contributed by atoms with Crippen molar-refractivity contribution >= 4 is 22.2 Å². The Kier molecular flexibility index (Phi) is 2.89. The summed E-state index contributed by atoms with van der Waals surface area (Å²) >= 11 is 1.75. The van der Waals surface area contributed by atoms with Crippen LogP contribution in [-0.2, 0) is 13.1 Å². The van der Waals surface area contributed by atoms with Crippen LogP contribution in [0.15, 0.2) is 36.7 Å². The Balaban J connectivity index is 2.01. The van der Waals surface area contributed by atoms with Gasteiger partial charge in [0.1, 0.15) is 0 Å². The molecule has 0 fully saturated rings. The van der Waals surface area contributed by atoms with Crippen molar-refractivity contribution in [3.8, 4) is 0 Å². The molecule has 0 saturated carbocycles. The lowest BCUT2D eigenvalue weighted by Gasteiger charge is -2.04. The molecule has 2 aromatic heterocycles. The average Bonchev–Trinajstić information content (AvgIpc) is 2.96. The summed E-state index contributed by atoms with van der Waals surface area (Å²) < 4.78 is 2.25. The maximum Gasteiger partial charge on any atom is 0.0897 e. The van der Waals surface area contributed by atoms with E-state index in [1.165, 1.54) is 21.3 Å². The normalized spacial score (nSPS) is 11.2. The Hall–Kier alpha value is -1.65. The molecule has 0 spiro atoms. The van der Waals surface area contributed by atoms with Crippen LogP contribution in [-0.4, -0.2) is 9.55 Å². The van der Waals surface area contributed by atoms with Crippen LogP contribution in [0, 0.1) is 6.92 Å². The first-order valence-corrected chi connectivity index (χ1v) is 6.77. The molecule has 18 heavy (non-hydrogen) atoms. The van der Waals surface area contributed by atoms with Gasteiger partial charge in [-0.2, -0.15) is 0 Å². The molecule has 3 nitrogen and oxygen atoms in total. The summed E-state index contributed by atoms with van der Waals surface area (Å²) in [6.07, 6.45) is 4.08. The molecular weight excluding hydrogens is 242 g/mol. The minimum atomic E-state index is 0.584. The molecule has 0 aliphatic carbocycles. The third-order valence-corrected chi connectivity index (χ3v) is 3.97. The summed E-state index contributed by atoms with van der Waals surface area (Å²) in [5.41, 5.74) is 8.11. The van der Waals surface area contributed by atoms with Crippen molar-refractivity contribution in [3.05, 3.63) is 52.1 Å². The summed E-state index contributed by atoms with van der Waals surface area (Å²) in [5.74, 6) is 0. The lowest BCUT2D eigenvalue weighted by Crippen LogP contribution is -1.98. The summed E-state index contributed by atoms with van der Waals surface area (Å²) in [7, 11) is 0. The second kappa shape index (κ2) is 4.55. The van der Waals surface area contributed by atoms with Crippen LogP contribution in [0.4, 0.5) is 0 Å². The predicted octanol–water partition coefficient (Wildman–Crippen LogP) is 2.91. The molecule has 0 atom stereocenters. The van der Waals surface area contributed by atoms with Gasteiger partial charge < -0.3 is 10.3 Å². The monoisotopic (exact) mass is 257 g/mol. The molecule has 0 bridgehead atoms. The van der Waals surface area contributed by atoms with Gasteiger partial charge in [0.05, 0.1) is 11.6 Å². The van der Waals surface area contributed by atoms with E-state index < -0.39 is 0 Å². The Labute approximate surface area is 110 Å². The number of aryl methyl sites for hydroxylation is 1. The highest BCUT2D eigenvalue weighted by atomic mass is 32.1. The van der Waals surface area contributed by atoms with Crippen molar-refractivity contribution in [2.45, 2.75) is 20.0 Å². The van der Waals surface area contributed by atoms with Crippen molar-refractivity contribution in [2.24, 2.45) is 5.73 Å². The van der Waals surface area contributed by atoms with Crippen molar-refractivity contribution in [3.63, 3.8) is 0 Å². The van der Waals surface area contributed by atoms with Gasteiger partial charge in [-0.15, -0.1) is 11.3 Å². The second-order valence-corrected chi connectivity index (χ2v) is 5.71. The van der Waals surface area contributed by atoms with Crippen molar-refractivity contribution in [1.82, 2.24) is 9.55 Å². The van der Waals surface area contributed by atoms with Gasteiger partial charge in [0.25, 0.3) is 0 Å². The standard InChI is InChI=1S/C14H15N3S/c1-10-16-8-13(18-10)9-17-5-4-12-3-2-11(7-15)6-14(12)17/h2-6,8H,7,9,15H2,1H3. The first-order valence-electron chi connectivity index (χ1n) is 5.95. The molecular formula is C14H15N3S. The third-order valence-electron chi connectivity index (χ3n) is 3.07. The zero-order chi connectivity index (χ0) is 12.5. The number of aromatic nitrogens is 2. The minimum absolute atomic E-state index is 0.584. The van der Waals surface area contributed by atoms with E-state index in [-0.39, 0.29) is 0 Å². The highest BCUT2D eigenvalue weighted by Crippen LogP contribution is 2.20. The summed E-state index contributed by atoms with van der Waals surface area (Å²) in [6.45, 7) is 3.50. The van der Waals surface area contributed by atoms with Crippen LogP contribution in [0.3, 0.4) is 0 Å². The van der Waals surface area contributed by atoms with E-state index in [2.05, 4.69) is 40.0 Å². The Morgan fingerprint density at radius 1 is 1.33 bits per heavy atom. The van der Waals surface area contributed by atoms with Crippen LogP contribution in [0.25, 0.3) is 10.9 Å². The van der Waals surface area contributed by atoms with Crippen molar-refractivity contribution in [1.29, 1.82) is 0 Å². The molecule has 3 aromatic rings. The van der Waals surface area contributed by atoms with Crippen molar-refractivity contribution in [2.75, 3.05) is 0 Å². The first kappa shape index (κ1) is 11.4. The van der Waals surface area contributed by atoms with Gasteiger partial charge >= 0.3 is 0 Å². The van der Waals surface area contributed by atoms with E-state index in [0.29, 0.717) is 6.54 Å². The smallest absolute Gasteiger partial charge is 0.0897 e. The third kappa shape index (κ3) is 2.05. The number of fused-ring (bicyclic) bond motifs is 1. The lowest BCUT2D eigenvalue weighted by atomic mass is 10.1. The molecule has 92 valence electrons. The van der Waals surface area contributed by atoms with Crippen LogP contribution >= 0.6 is 11.3 Å². The summed E-state index contributed by atoms with van der Waals surface area (Å²) in [5, 5.41) is 2.37. The number of nitrogens with two attached hydrogens (primary N) is 1. The van der Waals surface area contributed by atoms with Gasteiger partial charge in [-0.1, -0.05) is 12.1 Å². The van der Waals surface area contributed by atoms with E-state index in [9.17, 15) is 0 Å². The minimum Gasteiger partial charge on any atom is -0.342 e. The molecule has 0 aliphatic rings. The number of rotatable bonds is 3. The number of benzene rings is 1. The molecule has 4 heteroatoms. The SMILES string of the molecule is Cc1ncc(Cn2ccc3ccc(CN)cc32)s1. The van der Waals surface area contributed by atoms with Crippen LogP contribution < -0.4 is 5.73 Å². The van der Waals surface area contributed by atoms with Gasteiger partial charge in [0, 0.05) is 29.3 Å². The average molecular weight is 257 g/mol. The molecule has 3 rings (SSSR count). The fraction of sp³-hybridized carbons (Fsp3) is 0.214. The predicted molar refractivity (Wildman–Crippen MR) is 75.8 cm³/mol. The Morgan fingerprint density at radius 2 is 2.22 bits per heavy atom. The first-order chi connectivity index (χ1) is 8.76. The summed E-state index contributed by atoms with van der Waals surface area (Å²) in [6, 6.07) is 8.53. The van der Waals surface area contributed by atoms with Crippen LogP contribution in [0.1, 0.15) is 15.4 Å². The van der Waals surface area contributed by atoms with E-state index >= 15 is 0 Å². The molecule has 2 N–H and O–H groups in total. The zero-order valence-corrected chi connectivity index (χ0v) is 11.1. The molecule has 0 radical (unpaired) electrons. The highest BCUT2D eigenvalue weighted by molar-refractivity contribution is 7.11. The van der Waals surface area contributed by atoms with E-state index in [1.807, 2.05) is 13.1 Å². The van der Waals surface area contributed by atoms with E-state index in [0.717, 1.165) is 11.6 Å². The fourth-order valence-corrected chi connectivity index (χ4v) is 2.93. The molecule has 2 heterocycles. The number of nitrogens with zero attached hydrogens (tertiary/aromatic N) is 2. The largest absolute Gasteiger partial charge is 0.342 e. The molecule has 0 aliphatic heterocycles. The van der Waals surface area contributed by atoms with E-state index in [1.54, 1.807) is 11.3 Å². The maximum atomic E-state index is 5.70. The quantitative estimate of drug-likeness (QED) is 0.784. The molecule has 0 unspecified atom stereocenters. The Bertz CT molecular complexity index is 681. The summed E-state index contributed by atoms with van der Waals surface area (Å²) in [4.78, 5) is 5.58. The van der Waals surface area contributed by atoms with E-state index in [4.69, 9.17) is 5.73 Å². The Morgan fingerprint density at radius 3 is 2.94 bits per heavy atom. The lowest BCUT2D eigenvalue weighted by molar-refractivity contribution is 0.848. The van der Waals surface area contributed by atoms with Crippen molar-refractivity contribution < 1.29 is 0 Å². The van der Waals surface area contributed by atoms with Gasteiger partial charge in [-0.05, 0) is 30.0 Å². The molecule has 1 aromatic carbocycles. The molecule has 0 amide bonds. The van der Waals surface area contributed by atoms with Crippen LogP contribution in [0.5, 0.6) is 0 Å². The topological polar surface area (TPSA) is 43.8 Å². The van der Waals surface area contributed by atoms with Gasteiger partial charge in [-0.25, -0.2) is 4.98 Å². The number of hydrogen-bond donors (Lipinski definition) is 1. The maximum absolute atomic E-state index is 5.70. The van der Waals surface area contributed by atoms with Gasteiger partial charge in [0.15, 0.2) is 0 Å². The highest BCUT2D eigenvalue weighted by Gasteiger charge is 2.04.